The zero-order valence-corrected chi connectivity index (χ0v) is 20.1. The van der Waals surface area contributed by atoms with E-state index >= 15 is 0 Å². The summed E-state index contributed by atoms with van der Waals surface area (Å²) in [6.45, 7) is 5.47. The number of carbonyl (C=O) groups is 1. The molecule has 0 amide bonds. The lowest BCUT2D eigenvalue weighted by molar-refractivity contribution is 0.0601. The molecule has 0 unspecified atom stereocenters. The Labute approximate surface area is 190 Å². The molecule has 0 atom stereocenters. The third-order valence-corrected chi connectivity index (χ3v) is 6.86. The molecule has 0 aliphatic rings. The summed E-state index contributed by atoms with van der Waals surface area (Å²) >= 11 is 0. The third kappa shape index (κ3) is 5.20. The molecule has 1 aromatic heterocycles. The summed E-state index contributed by atoms with van der Waals surface area (Å²) in [6, 6.07) is 13.5. The Morgan fingerprint density at radius 2 is 1.88 bits per heavy atom. The van der Waals surface area contributed by atoms with Crippen LogP contribution in [-0.2, 0) is 27.9 Å². The van der Waals surface area contributed by atoms with Crippen molar-refractivity contribution in [3.63, 3.8) is 0 Å². The lowest BCUT2D eigenvalue weighted by Gasteiger charge is -2.12. The summed E-state index contributed by atoms with van der Waals surface area (Å²) in [7, 11) is 0.932. The van der Waals surface area contributed by atoms with Crippen molar-refractivity contribution < 1.29 is 17.9 Å². The van der Waals surface area contributed by atoms with Gasteiger partial charge >= 0.3 is 5.97 Å². The van der Waals surface area contributed by atoms with Gasteiger partial charge in [0.05, 0.1) is 12.7 Å². The maximum atomic E-state index is 12.2. The lowest BCUT2D eigenvalue weighted by Crippen LogP contribution is -2.36. The second-order valence-electron chi connectivity index (χ2n) is 8.40. The van der Waals surface area contributed by atoms with Crippen LogP contribution in [0.1, 0.15) is 29.8 Å². The van der Waals surface area contributed by atoms with Gasteiger partial charge in [-0.15, -0.1) is 0 Å². The number of nitrogens with one attached hydrogen (secondary N) is 1. The van der Waals surface area contributed by atoms with E-state index in [0.717, 1.165) is 34.1 Å². The first-order valence-electron chi connectivity index (χ1n) is 10.6. The van der Waals surface area contributed by atoms with Crippen molar-refractivity contribution in [2.24, 2.45) is 5.92 Å². The molecule has 0 fully saturated rings. The second kappa shape index (κ2) is 9.85. The largest absolute Gasteiger partial charge is 0.465 e. The predicted molar refractivity (Wildman–Crippen MR) is 128 cm³/mol. The molecule has 0 spiro atoms. The highest BCUT2D eigenvalue weighted by Gasteiger charge is 2.17. The molecular formula is C24H31N3O4S. The van der Waals surface area contributed by atoms with Crippen molar-refractivity contribution in [1.82, 2.24) is 13.6 Å². The topological polar surface area (TPSA) is 80.6 Å². The van der Waals surface area contributed by atoms with Gasteiger partial charge in [-0.05, 0) is 41.2 Å². The number of carbonyl (C=O) groups excluding carboxylic acids is 1. The average Bonchev–Trinajstić information content (AvgIpc) is 3.09. The van der Waals surface area contributed by atoms with Crippen LogP contribution in [0.15, 0.2) is 48.7 Å². The highest BCUT2D eigenvalue weighted by molar-refractivity contribution is 7.87. The Hall–Kier alpha value is -2.68. The standard InChI is InChI=1S/C24H31N3O4S/c1-17(2)15-27-16-19(12-13-25-32(29,30)26(3)4)21-11-10-18(14-23(21)27)20-8-6-7-9-22(20)24(28)31-5/h6-11,14,16-17,25H,12-13,15H2,1-5H3. The van der Waals surface area contributed by atoms with Crippen molar-refractivity contribution >= 4 is 27.1 Å². The zero-order chi connectivity index (χ0) is 23.5. The average molecular weight is 458 g/mol. The number of ether oxygens (including phenoxy) is 1. The lowest BCUT2D eigenvalue weighted by atomic mass is 9.98. The normalized spacial score (nSPS) is 12.1. The molecule has 0 saturated heterocycles. The van der Waals surface area contributed by atoms with Crippen molar-refractivity contribution in [3.05, 3.63) is 59.8 Å². The van der Waals surface area contributed by atoms with Gasteiger partial charge in [0, 0.05) is 44.3 Å². The quantitative estimate of drug-likeness (QED) is 0.497. The summed E-state index contributed by atoms with van der Waals surface area (Å²) in [6.07, 6.45) is 2.68. The Morgan fingerprint density at radius 3 is 2.53 bits per heavy atom. The van der Waals surface area contributed by atoms with E-state index in [4.69, 9.17) is 4.74 Å². The Balaban J connectivity index is 2.01. The number of methoxy groups -OCH3 is 1. The minimum atomic E-state index is -3.46. The summed E-state index contributed by atoms with van der Waals surface area (Å²) in [5, 5.41) is 1.08. The predicted octanol–water partition coefficient (Wildman–Crippen LogP) is 3.69. The van der Waals surface area contributed by atoms with Gasteiger partial charge in [0.2, 0.25) is 0 Å². The van der Waals surface area contributed by atoms with E-state index in [1.165, 1.54) is 25.5 Å². The van der Waals surface area contributed by atoms with E-state index in [0.29, 0.717) is 24.4 Å². The monoisotopic (exact) mass is 457 g/mol. The van der Waals surface area contributed by atoms with E-state index in [1.807, 2.05) is 30.3 Å². The number of hydrogen-bond acceptors (Lipinski definition) is 4. The number of esters is 1. The van der Waals surface area contributed by atoms with Crippen molar-refractivity contribution in [2.75, 3.05) is 27.7 Å². The summed E-state index contributed by atoms with van der Waals surface area (Å²) in [4.78, 5) is 12.2. The molecule has 0 aliphatic carbocycles. The third-order valence-electron chi connectivity index (χ3n) is 5.33. The first-order valence-corrected chi connectivity index (χ1v) is 12.0. The van der Waals surface area contributed by atoms with Crippen LogP contribution >= 0.6 is 0 Å². The molecular weight excluding hydrogens is 426 g/mol. The molecule has 2 aromatic carbocycles. The van der Waals surface area contributed by atoms with Gasteiger partial charge in [-0.3, -0.25) is 0 Å². The van der Waals surface area contributed by atoms with Crippen molar-refractivity contribution in [1.29, 1.82) is 0 Å². The Morgan fingerprint density at radius 1 is 1.16 bits per heavy atom. The van der Waals surface area contributed by atoms with Crippen LogP contribution in [0, 0.1) is 5.92 Å². The van der Waals surface area contributed by atoms with Crippen LogP contribution in [0.2, 0.25) is 0 Å². The first kappa shape index (κ1) is 24.0. The summed E-state index contributed by atoms with van der Waals surface area (Å²) in [5.74, 6) is 0.0730. The fourth-order valence-electron chi connectivity index (χ4n) is 3.75. The van der Waals surface area contributed by atoms with E-state index in [-0.39, 0.29) is 5.97 Å². The van der Waals surface area contributed by atoms with Crippen LogP contribution in [0.25, 0.3) is 22.0 Å². The molecule has 7 nitrogen and oxygen atoms in total. The molecule has 0 bridgehead atoms. The number of aromatic nitrogens is 1. The van der Waals surface area contributed by atoms with E-state index in [2.05, 4.69) is 35.4 Å². The van der Waals surface area contributed by atoms with Gasteiger partial charge in [-0.2, -0.15) is 12.7 Å². The molecule has 3 rings (SSSR count). The van der Waals surface area contributed by atoms with Crippen LogP contribution in [0.5, 0.6) is 0 Å². The molecule has 1 N–H and O–H groups in total. The van der Waals surface area contributed by atoms with Gasteiger partial charge in [0.1, 0.15) is 0 Å². The maximum absolute atomic E-state index is 12.2. The fourth-order valence-corrected chi connectivity index (χ4v) is 4.36. The highest BCUT2D eigenvalue weighted by atomic mass is 32.2. The van der Waals surface area contributed by atoms with Crippen molar-refractivity contribution in [3.8, 4) is 11.1 Å². The molecule has 3 aromatic rings. The summed E-state index contributed by atoms with van der Waals surface area (Å²) in [5.41, 5.74) is 4.41. The molecule has 0 saturated carbocycles. The van der Waals surface area contributed by atoms with E-state index in [9.17, 15) is 13.2 Å². The number of benzene rings is 2. The first-order chi connectivity index (χ1) is 15.1. The van der Waals surface area contributed by atoms with E-state index < -0.39 is 10.2 Å². The zero-order valence-electron chi connectivity index (χ0n) is 19.3. The molecule has 32 heavy (non-hydrogen) atoms. The van der Waals surface area contributed by atoms with Crippen LogP contribution in [-0.4, -0.2) is 51.0 Å². The molecule has 0 aliphatic heterocycles. The Kier molecular flexibility index (Phi) is 7.38. The summed E-state index contributed by atoms with van der Waals surface area (Å²) < 4.78 is 35.0. The number of rotatable bonds is 9. The Bertz CT molecular complexity index is 1210. The maximum Gasteiger partial charge on any atom is 0.338 e. The smallest absolute Gasteiger partial charge is 0.338 e. The minimum Gasteiger partial charge on any atom is -0.465 e. The second-order valence-corrected chi connectivity index (χ2v) is 10.4. The van der Waals surface area contributed by atoms with Crippen molar-refractivity contribution in [2.45, 2.75) is 26.8 Å². The number of fused-ring (bicyclic) bond motifs is 1. The van der Waals surface area contributed by atoms with Crippen LogP contribution in [0.4, 0.5) is 0 Å². The SMILES string of the molecule is COC(=O)c1ccccc1-c1ccc2c(CCNS(=O)(=O)N(C)C)cn(CC(C)C)c2c1. The molecule has 0 radical (unpaired) electrons. The fraction of sp³-hybridized carbons (Fsp3) is 0.375. The van der Waals surface area contributed by atoms with Gasteiger partial charge < -0.3 is 9.30 Å². The van der Waals surface area contributed by atoms with Gasteiger partial charge in [0.25, 0.3) is 10.2 Å². The number of hydrogen-bond donors (Lipinski definition) is 1. The van der Waals surface area contributed by atoms with Gasteiger partial charge in [-0.25, -0.2) is 9.52 Å². The minimum absolute atomic E-state index is 0.314. The molecule has 1 heterocycles. The molecule has 172 valence electrons. The van der Waals surface area contributed by atoms with E-state index in [1.54, 1.807) is 6.07 Å². The molecule has 8 heteroatoms. The van der Waals surface area contributed by atoms with Gasteiger partial charge in [0.15, 0.2) is 0 Å². The van der Waals surface area contributed by atoms with Crippen LogP contribution in [0.3, 0.4) is 0 Å². The number of nitrogens with zero attached hydrogens (tertiary/aromatic N) is 2. The van der Waals surface area contributed by atoms with Gasteiger partial charge in [-0.1, -0.05) is 44.2 Å². The highest BCUT2D eigenvalue weighted by Crippen LogP contribution is 2.31. The van der Waals surface area contributed by atoms with Crippen LogP contribution < -0.4 is 4.72 Å².